The zero-order chi connectivity index (χ0) is 15.6. The number of amides is 2. The zero-order valence-corrected chi connectivity index (χ0v) is 12.1. The number of hydrogen-bond acceptors (Lipinski definition) is 4. The van der Waals surface area contributed by atoms with Crippen LogP contribution in [0.3, 0.4) is 0 Å². The fraction of sp³-hybridized carbons (Fsp3) is 0.769. The summed E-state index contributed by atoms with van der Waals surface area (Å²) in [6.45, 7) is -0.112. The largest absolute Gasteiger partial charge is 0.480 e. The molecule has 0 spiro atoms. The topological polar surface area (TPSA) is 101 Å². The number of carboxylic acid groups (broad SMARTS) is 2. The van der Waals surface area contributed by atoms with E-state index in [9.17, 15) is 14.4 Å². The van der Waals surface area contributed by atoms with Gasteiger partial charge < -0.3 is 20.0 Å². The molecule has 2 N–H and O–H groups in total. The van der Waals surface area contributed by atoms with Crippen molar-refractivity contribution in [3.8, 4) is 0 Å². The van der Waals surface area contributed by atoms with Crippen molar-refractivity contribution in [2.24, 2.45) is 0 Å². The summed E-state index contributed by atoms with van der Waals surface area (Å²) >= 11 is 0. The Morgan fingerprint density at radius 3 is 2.19 bits per heavy atom. The summed E-state index contributed by atoms with van der Waals surface area (Å²) in [5.41, 5.74) is 0. The molecular formula is C13H21N3O5. The molecule has 0 radical (unpaired) electrons. The number of nitrogens with zero attached hydrogens (tertiary/aromatic N) is 3. The number of likely N-dealkylation sites (N-methyl/N-ethyl adjacent to an activating group) is 1. The van der Waals surface area contributed by atoms with Crippen LogP contribution in [0, 0.1) is 0 Å². The maximum atomic E-state index is 12.4. The lowest BCUT2D eigenvalue weighted by Crippen LogP contribution is -2.49. The highest BCUT2D eigenvalue weighted by atomic mass is 16.4. The SMILES string of the molecule is CN1C2CCC1CN(C(=O)N(CC(=O)O)CC(=O)O)CC2. The molecule has 2 saturated heterocycles. The molecule has 118 valence electrons. The molecule has 2 unspecified atom stereocenters. The van der Waals surface area contributed by atoms with E-state index in [1.54, 1.807) is 4.90 Å². The quantitative estimate of drug-likeness (QED) is 0.742. The second kappa shape index (κ2) is 6.30. The van der Waals surface area contributed by atoms with E-state index < -0.39 is 31.1 Å². The van der Waals surface area contributed by atoms with Crippen LogP contribution < -0.4 is 0 Å². The highest BCUT2D eigenvalue weighted by Crippen LogP contribution is 2.28. The average molecular weight is 299 g/mol. The molecule has 2 rings (SSSR count). The lowest BCUT2D eigenvalue weighted by molar-refractivity contribution is -0.140. The minimum atomic E-state index is -1.21. The van der Waals surface area contributed by atoms with E-state index in [1.165, 1.54) is 0 Å². The summed E-state index contributed by atoms with van der Waals surface area (Å²) in [4.78, 5) is 38.8. The molecule has 2 heterocycles. The highest BCUT2D eigenvalue weighted by molar-refractivity contribution is 5.84. The Balaban J connectivity index is 2.05. The number of carbonyl (C=O) groups excluding carboxylic acids is 1. The molecule has 8 heteroatoms. The molecule has 0 aromatic carbocycles. The standard InChI is InChI=1S/C13H21N3O5/c1-14-9-2-3-10(14)6-15(5-4-9)13(21)16(7-11(17)18)8-12(19)20/h9-10H,2-8H2,1H3,(H,17,18)(H,19,20). The lowest BCUT2D eigenvalue weighted by atomic mass is 10.1. The van der Waals surface area contributed by atoms with Crippen molar-refractivity contribution in [1.29, 1.82) is 0 Å². The van der Waals surface area contributed by atoms with E-state index in [-0.39, 0.29) is 6.04 Å². The van der Waals surface area contributed by atoms with Gasteiger partial charge in [0.15, 0.2) is 0 Å². The van der Waals surface area contributed by atoms with E-state index in [1.807, 2.05) is 7.05 Å². The molecule has 21 heavy (non-hydrogen) atoms. The Morgan fingerprint density at radius 1 is 1.05 bits per heavy atom. The lowest BCUT2D eigenvalue weighted by Gasteiger charge is -2.30. The first-order valence-electron chi connectivity index (χ1n) is 7.08. The van der Waals surface area contributed by atoms with Gasteiger partial charge in [0.1, 0.15) is 13.1 Å². The number of fused-ring (bicyclic) bond motifs is 2. The normalized spacial score (nSPS) is 25.5. The Kier molecular flexibility index (Phi) is 4.66. The van der Waals surface area contributed by atoms with Crippen LogP contribution in [0.25, 0.3) is 0 Å². The molecule has 2 atom stereocenters. The predicted molar refractivity (Wildman–Crippen MR) is 73.0 cm³/mol. The van der Waals surface area contributed by atoms with Gasteiger partial charge >= 0.3 is 18.0 Å². The molecule has 2 bridgehead atoms. The first-order chi connectivity index (χ1) is 9.88. The van der Waals surface area contributed by atoms with Crippen LogP contribution in [0.2, 0.25) is 0 Å². The second-order valence-corrected chi connectivity index (χ2v) is 5.71. The van der Waals surface area contributed by atoms with E-state index >= 15 is 0 Å². The molecule has 0 aromatic rings. The van der Waals surface area contributed by atoms with Crippen molar-refractivity contribution < 1.29 is 24.6 Å². The van der Waals surface area contributed by atoms with Gasteiger partial charge in [0, 0.05) is 25.2 Å². The van der Waals surface area contributed by atoms with Crippen LogP contribution in [-0.4, -0.2) is 88.2 Å². The minimum absolute atomic E-state index is 0.276. The van der Waals surface area contributed by atoms with Crippen molar-refractivity contribution in [1.82, 2.24) is 14.7 Å². The molecule has 2 aliphatic heterocycles. The number of urea groups is 1. The summed E-state index contributed by atoms with van der Waals surface area (Å²) in [5, 5.41) is 17.7. The fourth-order valence-corrected chi connectivity index (χ4v) is 3.20. The van der Waals surface area contributed by atoms with Crippen LogP contribution >= 0.6 is 0 Å². The van der Waals surface area contributed by atoms with Gasteiger partial charge in [0.2, 0.25) is 0 Å². The van der Waals surface area contributed by atoms with Crippen molar-refractivity contribution >= 4 is 18.0 Å². The number of hydrogen-bond donors (Lipinski definition) is 2. The van der Waals surface area contributed by atoms with Crippen LogP contribution in [0.5, 0.6) is 0 Å². The maximum Gasteiger partial charge on any atom is 0.323 e. The summed E-state index contributed by atoms with van der Waals surface area (Å²) in [6, 6.07) is 0.235. The van der Waals surface area contributed by atoms with Crippen molar-refractivity contribution in [3.05, 3.63) is 0 Å². The van der Waals surface area contributed by atoms with Gasteiger partial charge in [-0.1, -0.05) is 0 Å². The predicted octanol–water partition coefficient (Wildman–Crippen LogP) is -0.254. The summed E-state index contributed by atoms with van der Waals surface area (Å²) < 4.78 is 0. The minimum Gasteiger partial charge on any atom is -0.480 e. The summed E-state index contributed by atoms with van der Waals surface area (Å²) in [7, 11) is 2.04. The fourth-order valence-electron chi connectivity index (χ4n) is 3.20. The number of carboxylic acids is 2. The highest BCUT2D eigenvalue weighted by Gasteiger charge is 2.37. The molecular weight excluding hydrogens is 278 g/mol. The van der Waals surface area contributed by atoms with Crippen LogP contribution in [0.15, 0.2) is 0 Å². The third-order valence-corrected chi connectivity index (χ3v) is 4.34. The first kappa shape index (κ1) is 15.6. The van der Waals surface area contributed by atoms with E-state index in [4.69, 9.17) is 10.2 Å². The average Bonchev–Trinajstić information content (AvgIpc) is 2.60. The molecule has 8 nitrogen and oxygen atoms in total. The number of rotatable bonds is 4. The summed E-state index contributed by atoms with van der Waals surface area (Å²) in [6.07, 6.45) is 2.98. The van der Waals surface area contributed by atoms with Gasteiger partial charge in [0.25, 0.3) is 0 Å². The molecule has 0 aromatic heterocycles. The monoisotopic (exact) mass is 299 g/mol. The number of likely N-dealkylation sites (tertiary alicyclic amines) is 1. The molecule has 2 amide bonds. The van der Waals surface area contributed by atoms with Gasteiger partial charge in [-0.15, -0.1) is 0 Å². The third kappa shape index (κ3) is 3.63. The van der Waals surface area contributed by atoms with Gasteiger partial charge in [-0.25, -0.2) is 4.79 Å². The van der Waals surface area contributed by atoms with Crippen molar-refractivity contribution in [3.63, 3.8) is 0 Å². The third-order valence-electron chi connectivity index (χ3n) is 4.34. The van der Waals surface area contributed by atoms with Crippen LogP contribution in [0.1, 0.15) is 19.3 Å². The molecule has 0 aliphatic carbocycles. The second-order valence-electron chi connectivity index (χ2n) is 5.71. The van der Waals surface area contributed by atoms with Crippen LogP contribution in [-0.2, 0) is 9.59 Å². The maximum absolute atomic E-state index is 12.4. The van der Waals surface area contributed by atoms with Gasteiger partial charge in [0.05, 0.1) is 0 Å². The first-order valence-corrected chi connectivity index (χ1v) is 7.08. The van der Waals surface area contributed by atoms with E-state index in [0.29, 0.717) is 19.1 Å². The Labute approximate surface area is 122 Å². The van der Waals surface area contributed by atoms with E-state index in [0.717, 1.165) is 24.2 Å². The molecule has 2 fully saturated rings. The van der Waals surface area contributed by atoms with Crippen molar-refractivity contribution in [2.45, 2.75) is 31.3 Å². The van der Waals surface area contributed by atoms with Gasteiger partial charge in [-0.2, -0.15) is 0 Å². The Hall–Kier alpha value is -1.83. The summed E-state index contributed by atoms with van der Waals surface area (Å²) in [5.74, 6) is -2.42. The van der Waals surface area contributed by atoms with E-state index in [2.05, 4.69) is 4.90 Å². The van der Waals surface area contributed by atoms with Gasteiger partial charge in [-0.05, 0) is 26.3 Å². The molecule has 0 saturated carbocycles. The van der Waals surface area contributed by atoms with Crippen molar-refractivity contribution in [2.75, 3.05) is 33.2 Å². The smallest absolute Gasteiger partial charge is 0.323 e. The van der Waals surface area contributed by atoms with Gasteiger partial charge in [-0.3, -0.25) is 14.5 Å². The number of aliphatic carboxylic acids is 2. The van der Waals surface area contributed by atoms with Crippen LogP contribution in [0.4, 0.5) is 4.79 Å². The Bertz CT molecular complexity index is 426. The Morgan fingerprint density at radius 2 is 1.62 bits per heavy atom. The molecule has 2 aliphatic rings. The zero-order valence-electron chi connectivity index (χ0n) is 12.1. The number of carbonyl (C=O) groups is 3.